The molecule has 0 aromatic heterocycles. The van der Waals surface area contributed by atoms with Crippen LogP contribution in [0.15, 0.2) is 54.2 Å². The number of carbonyl (C=O) groups excluding carboxylic acids is 2. The van der Waals surface area contributed by atoms with E-state index in [-0.39, 0.29) is 17.9 Å². The van der Waals surface area contributed by atoms with Crippen molar-refractivity contribution >= 4 is 17.4 Å². The first-order valence-electron chi connectivity index (χ1n) is 11.1. The van der Waals surface area contributed by atoms with Crippen molar-refractivity contribution in [3.63, 3.8) is 0 Å². The highest BCUT2D eigenvalue weighted by Gasteiger charge is 2.43. The molecular formula is C26H31N3O2. The molecule has 0 aliphatic carbocycles. The van der Waals surface area contributed by atoms with Gasteiger partial charge in [0.2, 0.25) is 0 Å². The number of benzene rings is 2. The highest BCUT2D eigenvalue weighted by Crippen LogP contribution is 2.35. The number of hydrogen-bond donors (Lipinski definition) is 0. The summed E-state index contributed by atoms with van der Waals surface area (Å²) in [5.74, 6) is -0.333. The molecule has 162 valence electrons. The van der Waals surface area contributed by atoms with Crippen molar-refractivity contribution in [3.05, 3.63) is 76.5 Å². The van der Waals surface area contributed by atoms with E-state index in [2.05, 4.69) is 40.1 Å². The molecule has 1 fully saturated rings. The summed E-state index contributed by atoms with van der Waals surface area (Å²) in [6.45, 7) is 12.0. The number of amides is 2. The molecule has 2 aromatic carbocycles. The Kier molecular flexibility index (Phi) is 5.96. The SMILES string of the molecule is Cc1ccc(C2=C(N3CCN(Cc4ccccc4)CC3)C(=O)N(C(C)C)C2=O)c(C)c1. The minimum Gasteiger partial charge on any atom is -0.364 e. The maximum atomic E-state index is 13.4. The summed E-state index contributed by atoms with van der Waals surface area (Å²) in [4.78, 5) is 32.7. The summed E-state index contributed by atoms with van der Waals surface area (Å²) in [6.07, 6.45) is 0. The normalized spacial score (nSPS) is 18.0. The summed E-state index contributed by atoms with van der Waals surface area (Å²) >= 11 is 0. The molecule has 0 spiro atoms. The second-order valence-electron chi connectivity index (χ2n) is 8.86. The lowest BCUT2D eigenvalue weighted by molar-refractivity contribution is -0.139. The average molecular weight is 418 g/mol. The zero-order chi connectivity index (χ0) is 22.1. The molecule has 2 aliphatic heterocycles. The van der Waals surface area contributed by atoms with E-state index in [9.17, 15) is 9.59 Å². The van der Waals surface area contributed by atoms with Crippen molar-refractivity contribution in [1.82, 2.24) is 14.7 Å². The lowest BCUT2D eigenvalue weighted by atomic mass is 9.97. The van der Waals surface area contributed by atoms with Crippen molar-refractivity contribution in [2.24, 2.45) is 0 Å². The predicted molar refractivity (Wildman–Crippen MR) is 123 cm³/mol. The second kappa shape index (κ2) is 8.67. The van der Waals surface area contributed by atoms with E-state index in [1.807, 2.05) is 45.9 Å². The molecule has 1 saturated heterocycles. The van der Waals surface area contributed by atoms with Crippen LogP contribution in [0.2, 0.25) is 0 Å². The van der Waals surface area contributed by atoms with E-state index in [1.165, 1.54) is 10.5 Å². The molecule has 0 saturated carbocycles. The first-order chi connectivity index (χ1) is 14.9. The van der Waals surface area contributed by atoms with Gasteiger partial charge in [-0.15, -0.1) is 0 Å². The fraction of sp³-hybridized carbons (Fsp3) is 0.385. The van der Waals surface area contributed by atoms with Gasteiger partial charge in [-0.3, -0.25) is 19.4 Å². The quantitative estimate of drug-likeness (QED) is 0.697. The van der Waals surface area contributed by atoms with Gasteiger partial charge in [-0.05, 0) is 44.4 Å². The van der Waals surface area contributed by atoms with E-state index in [4.69, 9.17) is 0 Å². The van der Waals surface area contributed by atoms with Gasteiger partial charge in [-0.1, -0.05) is 54.1 Å². The Morgan fingerprint density at radius 1 is 0.871 bits per heavy atom. The van der Waals surface area contributed by atoms with Gasteiger partial charge in [-0.2, -0.15) is 0 Å². The Hall–Kier alpha value is -2.92. The minimum atomic E-state index is -0.173. The Bertz CT molecular complexity index is 1020. The van der Waals surface area contributed by atoms with Crippen molar-refractivity contribution in [2.45, 2.75) is 40.3 Å². The molecule has 5 heteroatoms. The molecule has 0 radical (unpaired) electrons. The Balaban J connectivity index is 1.62. The molecule has 0 bridgehead atoms. The predicted octanol–water partition coefficient (Wildman–Crippen LogP) is 3.61. The van der Waals surface area contributed by atoms with Crippen LogP contribution in [-0.4, -0.2) is 58.7 Å². The average Bonchev–Trinajstić information content (AvgIpc) is 2.99. The van der Waals surface area contributed by atoms with E-state index < -0.39 is 0 Å². The fourth-order valence-corrected chi connectivity index (χ4v) is 4.61. The minimum absolute atomic E-state index is 0.161. The summed E-state index contributed by atoms with van der Waals surface area (Å²) in [5, 5.41) is 0. The van der Waals surface area contributed by atoms with Crippen LogP contribution in [0.4, 0.5) is 0 Å². The standard InChI is InChI=1S/C26H31N3O2/c1-18(2)29-25(30)23(22-11-10-19(3)16-20(22)4)24(26(29)31)28-14-12-27(13-15-28)17-21-8-6-5-7-9-21/h5-11,16,18H,12-15,17H2,1-4H3. The van der Waals surface area contributed by atoms with Gasteiger partial charge < -0.3 is 4.90 Å². The molecule has 31 heavy (non-hydrogen) atoms. The summed E-state index contributed by atoms with van der Waals surface area (Å²) < 4.78 is 0. The number of rotatable bonds is 5. The lowest BCUT2D eigenvalue weighted by Crippen LogP contribution is -2.47. The van der Waals surface area contributed by atoms with Gasteiger partial charge in [0.1, 0.15) is 5.70 Å². The molecule has 0 unspecified atom stereocenters. The molecule has 2 aliphatic rings. The maximum Gasteiger partial charge on any atom is 0.278 e. The van der Waals surface area contributed by atoms with Crippen LogP contribution in [0.3, 0.4) is 0 Å². The molecule has 2 aromatic rings. The number of aryl methyl sites for hydroxylation is 2. The number of hydrogen-bond acceptors (Lipinski definition) is 4. The lowest BCUT2D eigenvalue weighted by Gasteiger charge is -2.36. The molecular weight excluding hydrogens is 386 g/mol. The number of imide groups is 1. The zero-order valence-electron chi connectivity index (χ0n) is 18.9. The molecule has 2 heterocycles. The fourth-order valence-electron chi connectivity index (χ4n) is 4.61. The number of nitrogens with zero attached hydrogens (tertiary/aromatic N) is 3. The summed E-state index contributed by atoms with van der Waals surface area (Å²) in [7, 11) is 0. The Morgan fingerprint density at radius 2 is 1.55 bits per heavy atom. The van der Waals surface area contributed by atoms with Crippen molar-refractivity contribution in [3.8, 4) is 0 Å². The molecule has 0 N–H and O–H groups in total. The second-order valence-corrected chi connectivity index (χ2v) is 8.86. The zero-order valence-corrected chi connectivity index (χ0v) is 18.9. The van der Waals surface area contributed by atoms with Gasteiger partial charge in [0.25, 0.3) is 11.8 Å². The largest absolute Gasteiger partial charge is 0.364 e. The summed E-state index contributed by atoms with van der Waals surface area (Å²) in [5.41, 5.74) is 5.48. The van der Waals surface area contributed by atoms with Gasteiger partial charge in [0, 0.05) is 38.8 Å². The molecule has 2 amide bonds. The van der Waals surface area contributed by atoms with Crippen molar-refractivity contribution in [2.75, 3.05) is 26.2 Å². The monoisotopic (exact) mass is 417 g/mol. The van der Waals surface area contributed by atoms with E-state index >= 15 is 0 Å². The van der Waals surface area contributed by atoms with Gasteiger partial charge >= 0.3 is 0 Å². The third kappa shape index (κ3) is 4.15. The molecule has 0 atom stereocenters. The number of carbonyl (C=O) groups is 2. The van der Waals surface area contributed by atoms with Gasteiger partial charge in [-0.25, -0.2) is 0 Å². The van der Waals surface area contributed by atoms with Gasteiger partial charge in [0.15, 0.2) is 0 Å². The first kappa shape index (κ1) is 21.3. The Morgan fingerprint density at radius 3 is 2.16 bits per heavy atom. The van der Waals surface area contributed by atoms with Crippen molar-refractivity contribution in [1.29, 1.82) is 0 Å². The Labute approximate surface area is 184 Å². The van der Waals surface area contributed by atoms with Crippen LogP contribution < -0.4 is 0 Å². The van der Waals surface area contributed by atoms with E-state index in [1.54, 1.807) is 0 Å². The van der Waals surface area contributed by atoms with Crippen LogP contribution in [0.1, 0.15) is 36.1 Å². The highest BCUT2D eigenvalue weighted by atomic mass is 16.2. The highest BCUT2D eigenvalue weighted by molar-refractivity contribution is 6.35. The van der Waals surface area contributed by atoms with E-state index in [0.29, 0.717) is 11.3 Å². The maximum absolute atomic E-state index is 13.4. The summed E-state index contributed by atoms with van der Waals surface area (Å²) in [6, 6.07) is 16.4. The van der Waals surface area contributed by atoms with Gasteiger partial charge in [0.05, 0.1) is 5.57 Å². The van der Waals surface area contributed by atoms with Crippen LogP contribution in [0.5, 0.6) is 0 Å². The topological polar surface area (TPSA) is 43.9 Å². The number of piperazine rings is 1. The third-order valence-corrected chi connectivity index (χ3v) is 6.20. The van der Waals surface area contributed by atoms with Crippen molar-refractivity contribution < 1.29 is 9.59 Å². The van der Waals surface area contributed by atoms with Crippen LogP contribution >= 0.6 is 0 Å². The molecule has 4 rings (SSSR count). The third-order valence-electron chi connectivity index (χ3n) is 6.20. The van der Waals surface area contributed by atoms with E-state index in [0.717, 1.165) is 49.4 Å². The van der Waals surface area contributed by atoms with Crippen LogP contribution in [-0.2, 0) is 16.1 Å². The van der Waals surface area contributed by atoms with Crippen LogP contribution in [0, 0.1) is 13.8 Å². The smallest absolute Gasteiger partial charge is 0.278 e. The molecule has 5 nitrogen and oxygen atoms in total. The van der Waals surface area contributed by atoms with Crippen LogP contribution in [0.25, 0.3) is 5.57 Å². The first-order valence-corrected chi connectivity index (χ1v) is 11.1.